The number of halogens is 6. The van der Waals surface area contributed by atoms with E-state index < -0.39 is 40.7 Å². The highest BCUT2D eigenvalue weighted by Gasteiger charge is 2.34. The van der Waals surface area contributed by atoms with Gasteiger partial charge in [0.05, 0.1) is 0 Å². The predicted octanol–water partition coefficient (Wildman–Crippen LogP) is 3.60. The zero-order valence-electron chi connectivity index (χ0n) is 9.15. The van der Waals surface area contributed by atoms with Crippen LogP contribution < -0.4 is 5.73 Å². The van der Waals surface area contributed by atoms with Crippen molar-refractivity contribution in [1.29, 1.82) is 0 Å². The lowest BCUT2D eigenvalue weighted by molar-refractivity contribution is 0.249. The molecule has 2 rings (SSSR count). The van der Waals surface area contributed by atoms with Gasteiger partial charge in [-0.2, -0.15) is 0 Å². The number of hydrogen-bond donors (Lipinski definition) is 1. The van der Waals surface area contributed by atoms with Gasteiger partial charge >= 0.3 is 0 Å². The van der Waals surface area contributed by atoms with E-state index >= 15 is 0 Å². The van der Waals surface area contributed by atoms with E-state index in [1.807, 2.05) is 0 Å². The summed E-state index contributed by atoms with van der Waals surface area (Å²) in [5, 5.41) is 0. The molecule has 0 aliphatic heterocycles. The fourth-order valence-electron chi connectivity index (χ4n) is 1.95. The van der Waals surface area contributed by atoms with Gasteiger partial charge in [0.1, 0.15) is 0 Å². The van der Waals surface area contributed by atoms with Gasteiger partial charge in [0.25, 0.3) is 0 Å². The maximum Gasteiger partial charge on any atom is 0.200 e. The maximum absolute atomic E-state index is 13.4. The number of benzene rings is 1. The van der Waals surface area contributed by atoms with Crippen molar-refractivity contribution in [1.82, 2.24) is 0 Å². The first kappa shape index (κ1) is 15.2. The van der Waals surface area contributed by atoms with Crippen molar-refractivity contribution in [2.24, 2.45) is 11.7 Å². The third-order valence-corrected chi connectivity index (χ3v) is 3.23. The van der Waals surface area contributed by atoms with Crippen LogP contribution in [0.5, 0.6) is 0 Å². The normalized spacial score (nSPS) is 17.0. The molecule has 18 heavy (non-hydrogen) atoms. The van der Waals surface area contributed by atoms with Crippen molar-refractivity contribution < 1.29 is 22.0 Å². The molecule has 102 valence electrons. The van der Waals surface area contributed by atoms with E-state index in [1.54, 1.807) is 0 Å². The van der Waals surface area contributed by atoms with Crippen LogP contribution in [0.4, 0.5) is 22.0 Å². The molecule has 1 aliphatic carbocycles. The Bertz CT molecular complexity index is 432. The largest absolute Gasteiger partial charge is 0.324 e. The van der Waals surface area contributed by atoms with E-state index in [4.69, 9.17) is 5.73 Å². The summed E-state index contributed by atoms with van der Waals surface area (Å²) in [6.07, 6.45) is 2.13. The monoisotopic (exact) mass is 287 g/mol. The third kappa shape index (κ3) is 2.19. The van der Waals surface area contributed by atoms with E-state index in [1.165, 1.54) is 0 Å². The second-order valence-corrected chi connectivity index (χ2v) is 4.20. The van der Waals surface area contributed by atoms with Crippen LogP contribution in [0.3, 0.4) is 0 Å². The Morgan fingerprint density at radius 3 is 1.56 bits per heavy atom. The fourth-order valence-corrected chi connectivity index (χ4v) is 1.95. The second kappa shape index (κ2) is 5.40. The van der Waals surface area contributed by atoms with Gasteiger partial charge in [0.15, 0.2) is 23.3 Å². The molecule has 1 aromatic rings. The van der Waals surface area contributed by atoms with Crippen LogP contribution >= 0.6 is 12.4 Å². The van der Waals surface area contributed by atoms with Crippen LogP contribution in [0.1, 0.15) is 30.9 Å². The highest BCUT2D eigenvalue weighted by Crippen LogP contribution is 2.39. The zero-order valence-corrected chi connectivity index (χ0v) is 9.97. The molecule has 1 saturated carbocycles. The van der Waals surface area contributed by atoms with E-state index in [0.29, 0.717) is 12.8 Å². The average Bonchev–Trinajstić information content (AvgIpc) is 2.21. The first-order valence-corrected chi connectivity index (χ1v) is 5.22. The molecule has 0 spiro atoms. The molecular formula is C11H11ClF5N. The van der Waals surface area contributed by atoms with Gasteiger partial charge in [-0.3, -0.25) is 0 Å². The van der Waals surface area contributed by atoms with Crippen LogP contribution in [0.15, 0.2) is 0 Å². The number of nitrogens with two attached hydrogens (primary N) is 1. The second-order valence-electron chi connectivity index (χ2n) is 4.20. The first-order valence-electron chi connectivity index (χ1n) is 5.22. The Morgan fingerprint density at radius 1 is 0.833 bits per heavy atom. The summed E-state index contributed by atoms with van der Waals surface area (Å²) < 4.78 is 65.4. The quantitative estimate of drug-likeness (QED) is 0.502. The lowest BCUT2D eigenvalue weighted by atomic mass is 9.77. The van der Waals surface area contributed by atoms with Crippen LogP contribution in [-0.4, -0.2) is 0 Å². The Morgan fingerprint density at radius 2 is 1.22 bits per heavy atom. The summed E-state index contributed by atoms with van der Waals surface area (Å²) in [6.45, 7) is 0. The lowest BCUT2D eigenvalue weighted by Crippen LogP contribution is -2.29. The highest BCUT2D eigenvalue weighted by molar-refractivity contribution is 5.85. The van der Waals surface area contributed by atoms with Crippen molar-refractivity contribution in [2.45, 2.75) is 25.3 Å². The number of rotatable bonds is 2. The predicted molar refractivity (Wildman–Crippen MR) is 57.7 cm³/mol. The summed E-state index contributed by atoms with van der Waals surface area (Å²) in [4.78, 5) is 0. The van der Waals surface area contributed by atoms with Crippen molar-refractivity contribution in [3.63, 3.8) is 0 Å². The summed E-state index contributed by atoms with van der Waals surface area (Å²) in [7, 11) is 0. The summed E-state index contributed by atoms with van der Waals surface area (Å²) in [5.41, 5.74) is 4.66. The Labute approximate surface area is 107 Å². The number of hydrogen-bond acceptors (Lipinski definition) is 1. The minimum absolute atomic E-state index is 0. The van der Waals surface area contributed by atoms with Crippen LogP contribution in [0.2, 0.25) is 0 Å². The van der Waals surface area contributed by atoms with Gasteiger partial charge in [-0.15, -0.1) is 12.4 Å². The molecule has 1 fully saturated rings. The van der Waals surface area contributed by atoms with Crippen molar-refractivity contribution in [2.75, 3.05) is 0 Å². The van der Waals surface area contributed by atoms with Crippen molar-refractivity contribution in [3.05, 3.63) is 34.6 Å². The first-order chi connectivity index (χ1) is 7.95. The lowest BCUT2D eigenvalue weighted by Gasteiger charge is -2.31. The molecule has 0 bridgehead atoms. The van der Waals surface area contributed by atoms with Gasteiger partial charge in [0, 0.05) is 11.6 Å². The van der Waals surface area contributed by atoms with Crippen LogP contribution in [0, 0.1) is 35.0 Å². The van der Waals surface area contributed by atoms with Gasteiger partial charge in [-0.05, 0) is 18.8 Å². The molecular weight excluding hydrogens is 277 g/mol. The molecule has 7 heteroatoms. The Hall–Kier alpha value is -0.880. The molecule has 0 aromatic heterocycles. The van der Waals surface area contributed by atoms with Gasteiger partial charge in [0.2, 0.25) is 5.82 Å². The molecule has 1 atom stereocenters. The SMILES string of the molecule is Cl.N[C@@H](c1c(F)c(F)c(F)c(F)c1F)C1CCC1. The molecule has 0 saturated heterocycles. The molecule has 1 aromatic carbocycles. The topological polar surface area (TPSA) is 26.0 Å². The van der Waals surface area contributed by atoms with E-state index in [9.17, 15) is 22.0 Å². The molecule has 0 amide bonds. The maximum atomic E-state index is 13.4. The minimum atomic E-state index is -2.15. The Kier molecular flexibility index (Phi) is 4.55. The minimum Gasteiger partial charge on any atom is -0.324 e. The smallest absolute Gasteiger partial charge is 0.200 e. The highest BCUT2D eigenvalue weighted by atomic mass is 35.5. The van der Waals surface area contributed by atoms with E-state index in [2.05, 4.69) is 0 Å². The van der Waals surface area contributed by atoms with Gasteiger partial charge < -0.3 is 5.73 Å². The summed E-state index contributed by atoms with van der Waals surface area (Å²) in [6, 6.07) is -1.15. The zero-order chi connectivity index (χ0) is 12.7. The molecule has 0 unspecified atom stereocenters. The fraction of sp³-hybridized carbons (Fsp3) is 0.455. The Balaban J connectivity index is 0.00000162. The standard InChI is InChI=1S/C11H10F5N.ClH/c12-6-5(11(17)4-2-1-3-4)7(13)9(15)10(16)8(6)14;/h4,11H,1-3,17H2;1H/t11-;/m1./s1. The third-order valence-electron chi connectivity index (χ3n) is 3.23. The summed E-state index contributed by atoms with van der Waals surface area (Å²) in [5.74, 6) is -9.88. The molecule has 2 N–H and O–H groups in total. The van der Waals surface area contributed by atoms with E-state index in [0.717, 1.165) is 6.42 Å². The van der Waals surface area contributed by atoms with Crippen LogP contribution in [-0.2, 0) is 0 Å². The van der Waals surface area contributed by atoms with Gasteiger partial charge in [-0.1, -0.05) is 6.42 Å². The van der Waals surface area contributed by atoms with E-state index in [-0.39, 0.29) is 18.3 Å². The summed E-state index contributed by atoms with van der Waals surface area (Å²) >= 11 is 0. The average molecular weight is 288 g/mol. The van der Waals surface area contributed by atoms with Crippen molar-refractivity contribution >= 4 is 12.4 Å². The van der Waals surface area contributed by atoms with Crippen LogP contribution in [0.25, 0.3) is 0 Å². The molecule has 0 heterocycles. The van der Waals surface area contributed by atoms with Crippen molar-refractivity contribution in [3.8, 4) is 0 Å². The molecule has 1 aliphatic rings. The molecule has 1 nitrogen and oxygen atoms in total. The molecule has 0 radical (unpaired) electrons. The van der Waals surface area contributed by atoms with Gasteiger partial charge in [-0.25, -0.2) is 22.0 Å².